The summed E-state index contributed by atoms with van der Waals surface area (Å²) in [7, 11) is 1.61. The van der Waals surface area contributed by atoms with Crippen LogP contribution in [0.4, 0.5) is 0 Å². The van der Waals surface area contributed by atoms with Crippen molar-refractivity contribution >= 4 is 23.1 Å². The molecule has 0 aliphatic rings. The van der Waals surface area contributed by atoms with Crippen molar-refractivity contribution < 1.29 is 14.3 Å². The average molecular weight is 317 g/mol. The van der Waals surface area contributed by atoms with Crippen molar-refractivity contribution in [2.45, 2.75) is 6.92 Å². The second-order valence-corrected chi connectivity index (χ2v) is 4.99. The summed E-state index contributed by atoms with van der Waals surface area (Å²) in [5, 5.41) is 0.612. The van der Waals surface area contributed by atoms with E-state index in [9.17, 15) is 4.79 Å². The van der Waals surface area contributed by atoms with Gasteiger partial charge in [-0.15, -0.1) is 0 Å². The van der Waals surface area contributed by atoms with E-state index in [1.807, 2.05) is 42.5 Å². The summed E-state index contributed by atoms with van der Waals surface area (Å²) >= 11 is 6.06. The number of halogens is 1. The number of carbonyl (C=O) groups is 1. The van der Waals surface area contributed by atoms with Gasteiger partial charge in [-0.1, -0.05) is 35.9 Å². The van der Waals surface area contributed by atoms with Crippen LogP contribution in [0.3, 0.4) is 0 Å². The minimum atomic E-state index is -0.381. The molecule has 0 unspecified atom stereocenters. The molecule has 0 N–H and O–H groups in total. The van der Waals surface area contributed by atoms with Gasteiger partial charge in [0.1, 0.15) is 5.75 Å². The predicted molar refractivity (Wildman–Crippen MR) is 88.2 cm³/mol. The van der Waals surface area contributed by atoms with Crippen LogP contribution in [-0.4, -0.2) is 19.7 Å². The molecular weight excluding hydrogens is 300 g/mol. The highest BCUT2D eigenvalue weighted by Crippen LogP contribution is 2.27. The fraction of sp³-hybridized carbons (Fsp3) is 0.167. The van der Waals surface area contributed by atoms with Crippen LogP contribution in [0.5, 0.6) is 5.75 Å². The molecule has 0 saturated heterocycles. The zero-order valence-corrected chi connectivity index (χ0v) is 13.3. The molecule has 2 aromatic carbocycles. The lowest BCUT2D eigenvalue weighted by atomic mass is 9.97. The van der Waals surface area contributed by atoms with E-state index < -0.39 is 0 Å². The third-order valence-corrected chi connectivity index (χ3v) is 3.32. The highest BCUT2D eigenvalue weighted by molar-refractivity contribution is 6.30. The number of ether oxygens (including phenoxy) is 2. The number of benzene rings is 2. The Kier molecular flexibility index (Phi) is 5.61. The topological polar surface area (TPSA) is 35.5 Å². The lowest BCUT2D eigenvalue weighted by molar-refractivity contribution is -0.137. The van der Waals surface area contributed by atoms with Crippen molar-refractivity contribution in [3.05, 3.63) is 70.8 Å². The Labute approximate surface area is 135 Å². The zero-order valence-electron chi connectivity index (χ0n) is 12.5. The fourth-order valence-electron chi connectivity index (χ4n) is 2.06. The molecule has 0 aliphatic heterocycles. The van der Waals surface area contributed by atoms with Gasteiger partial charge in [0, 0.05) is 11.1 Å². The summed E-state index contributed by atoms with van der Waals surface area (Å²) < 4.78 is 10.2. The van der Waals surface area contributed by atoms with Crippen molar-refractivity contribution in [1.82, 2.24) is 0 Å². The van der Waals surface area contributed by atoms with Gasteiger partial charge >= 0.3 is 5.97 Å². The molecule has 0 atom stereocenters. The quantitative estimate of drug-likeness (QED) is 0.608. The summed E-state index contributed by atoms with van der Waals surface area (Å²) in [5.74, 6) is 0.374. The van der Waals surface area contributed by atoms with Crippen LogP contribution in [0.15, 0.2) is 54.6 Å². The lowest BCUT2D eigenvalue weighted by Crippen LogP contribution is -2.02. The monoisotopic (exact) mass is 316 g/mol. The SMILES string of the molecule is CCOC(=O)/C=C(/c1ccc(OC)cc1)c1cccc(Cl)c1. The van der Waals surface area contributed by atoms with Crippen LogP contribution in [0, 0.1) is 0 Å². The maximum atomic E-state index is 11.9. The van der Waals surface area contributed by atoms with E-state index in [0.29, 0.717) is 11.6 Å². The smallest absolute Gasteiger partial charge is 0.331 e. The van der Waals surface area contributed by atoms with Crippen molar-refractivity contribution in [1.29, 1.82) is 0 Å². The molecule has 4 heteroatoms. The summed E-state index contributed by atoms with van der Waals surface area (Å²) in [6, 6.07) is 14.8. The second kappa shape index (κ2) is 7.66. The van der Waals surface area contributed by atoms with Crippen molar-refractivity contribution in [2.24, 2.45) is 0 Å². The Hall–Kier alpha value is -2.26. The van der Waals surface area contributed by atoms with Gasteiger partial charge in [-0.2, -0.15) is 0 Å². The summed E-state index contributed by atoms with van der Waals surface area (Å²) in [6.45, 7) is 2.11. The Bertz CT molecular complexity index is 675. The molecule has 114 valence electrons. The second-order valence-electron chi connectivity index (χ2n) is 4.55. The molecule has 0 fully saturated rings. The van der Waals surface area contributed by atoms with E-state index in [1.54, 1.807) is 20.1 Å². The molecule has 2 aromatic rings. The number of esters is 1. The minimum Gasteiger partial charge on any atom is -0.497 e. The van der Waals surface area contributed by atoms with Crippen molar-refractivity contribution in [2.75, 3.05) is 13.7 Å². The molecule has 0 bridgehead atoms. The van der Waals surface area contributed by atoms with Crippen LogP contribution in [0.1, 0.15) is 18.1 Å². The molecule has 0 aromatic heterocycles. The van der Waals surface area contributed by atoms with Crippen LogP contribution in [-0.2, 0) is 9.53 Å². The van der Waals surface area contributed by atoms with Crippen LogP contribution < -0.4 is 4.74 Å². The number of hydrogen-bond acceptors (Lipinski definition) is 3. The standard InChI is InChI=1S/C18H17ClO3/c1-3-22-18(20)12-17(14-5-4-6-15(19)11-14)13-7-9-16(21-2)10-8-13/h4-12H,3H2,1-2H3/b17-12-. The molecule has 0 saturated carbocycles. The number of carbonyl (C=O) groups excluding carboxylic acids is 1. The van der Waals surface area contributed by atoms with Gasteiger partial charge in [0.05, 0.1) is 13.7 Å². The zero-order chi connectivity index (χ0) is 15.9. The van der Waals surface area contributed by atoms with E-state index >= 15 is 0 Å². The van der Waals surface area contributed by atoms with Crippen LogP contribution in [0.2, 0.25) is 5.02 Å². The Morgan fingerprint density at radius 3 is 2.45 bits per heavy atom. The van der Waals surface area contributed by atoms with E-state index in [1.165, 1.54) is 6.08 Å². The maximum Gasteiger partial charge on any atom is 0.331 e. The van der Waals surface area contributed by atoms with E-state index in [0.717, 1.165) is 22.4 Å². The van der Waals surface area contributed by atoms with Crippen molar-refractivity contribution in [3.8, 4) is 5.75 Å². The molecule has 0 heterocycles. The van der Waals surface area contributed by atoms with Gasteiger partial charge in [0.2, 0.25) is 0 Å². The fourth-order valence-corrected chi connectivity index (χ4v) is 2.25. The molecular formula is C18H17ClO3. The van der Waals surface area contributed by atoms with Crippen molar-refractivity contribution in [3.63, 3.8) is 0 Å². The van der Waals surface area contributed by atoms with Gasteiger partial charge in [0.25, 0.3) is 0 Å². The first kappa shape index (κ1) is 16.1. The highest BCUT2D eigenvalue weighted by atomic mass is 35.5. The molecule has 22 heavy (non-hydrogen) atoms. The lowest BCUT2D eigenvalue weighted by Gasteiger charge is -2.10. The largest absolute Gasteiger partial charge is 0.497 e. The number of rotatable bonds is 5. The Morgan fingerprint density at radius 2 is 1.86 bits per heavy atom. The molecule has 2 rings (SSSR count). The normalized spacial score (nSPS) is 11.1. The molecule has 3 nitrogen and oxygen atoms in total. The maximum absolute atomic E-state index is 11.9. The van der Waals surface area contributed by atoms with E-state index in [-0.39, 0.29) is 5.97 Å². The molecule has 0 amide bonds. The summed E-state index contributed by atoms with van der Waals surface area (Å²) in [5.41, 5.74) is 2.49. The number of methoxy groups -OCH3 is 1. The Morgan fingerprint density at radius 1 is 1.14 bits per heavy atom. The van der Waals surface area contributed by atoms with Crippen LogP contribution >= 0.6 is 11.6 Å². The van der Waals surface area contributed by atoms with Gasteiger partial charge < -0.3 is 9.47 Å². The van der Waals surface area contributed by atoms with Gasteiger partial charge in [-0.05, 0) is 47.9 Å². The number of hydrogen-bond donors (Lipinski definition) is 0. The van der Waals surface area contributed by atoms with Gasteiger partial charge in [-0.3, -0.25) is 0 Å². The van der Waals surface area contributed by atoms with E-state index in [4.69, 9.17) is 21.1 Å². The Balaban J connectivity index is 2.47. The minimum absolute atomic E-state index is 0.334. The summed E-state index contributed by atoms with van der Waals surface area (Å²) in [6.07, 6.45) is 1.48. The molecule has 0 aliphatic carbocycles. The first-order chi connectivity index (χ1) is 10.6. The average Bonchev–Trinajstić information content (AvgIpc) is 2.53. The summed E-state index contributed by atoms with van der Waals surface area (Å²) in [4.78, 5) is 11.9. The first-order valence-electron chi connectivity index (χ1n) is 6.93. The molecule has 0 radical (unpaired) electrons. The molecule has 0 spiro atoms. The third-order valence-electron chi connectivity index (χ3n) is 3.09. The highest BCUT2D eigenvalue weighted by Gasteiger charge is 2.09. The van der Waals surface area contributed by atoms with Crippen LogP contribution in [0.25, 0.3) is 5.57 Å². The third kappa shape index (κ3) is 4.12. The first-order valence-corrected chi connectivity index (χ1v) is 7.30. The van der Waals surface area contributed by atoms with Gasteiger partial charge in [0.15, 0.2) is 0 Å². The predicted octanol–water partition coefficient (Wildman–Crippen LogP) is 4.34. The van der Waals surface area contributed by atoms with Gasteiger partial charge in [-0.25, -0.2) is 4.79 Å². The van der Waals surface area contributed by atoms with E-state index in [2.05, 4.69) is 0 Å².